The fraction of sp³-hybridized carbons (Fsp3) is 0.571. The molecule has 1 saturated heterocycles. The Kier molecular flexibility index (Phi) is 4.13. The minimum atomic E-state index is -1.45. The summed E-state index contributed by atoms with van der Waals surface area (Å²) >= 11 is 0. The van der Waals surface area contributed by atoms with Gasteiger partial charge in [-0.25, -0.2) is 0 Å². The molecular weight excluding hydrogens is 232 g/mol. The molecule has 1 fully saturated rings. The van der Waals surface area contributed by atoms with E-state index in [1.165, 1.54) is 11.1 Å². The Morgan fingerprint density at radius 3 is 2.29 bits per heavy atom. The van der Waals surface area contributed by atoms with E-state index in [0.29, 0.717) is 5.92 Å². The second-order valence-corrected chi connectivity index (χ2v) is 8.17. The van der Waals surface area contributed by atoms with Crippen LogP contribution in [-0.4, -0.2) is 29.3 Å². The molecule has 0 saturated carbocycles. The smallest absolute Gasteiger partial charge is 0.0562 e. The van der Waals surface area contributed by atoms with Gasteiger partial charge in [0.15, 0.2) is 0 Å². The van der Waals surface area contributed by atoms with Gasteiger partial charge in [-0.15, -0.1) is 10.3 Å². The molecule has 1 aromatic rings. The van der Waals surface area contributed by atoms with Crippen LogP contribution < -0.4 is 0 Å². The van der Waals surface area contributed by atoms with Crippen LogP contribution in [0.15, 0.2) is 24.3 Å². The largest absolute Gasteiger partial charge is 0.380 e. The van der Waals surface area contributed by atoms with Crippen molar-refractivity contribution in [2.75, 3.05) is 24.7 Å². The first-order valence-electron chi connectivity index (χ1n) is 6.24. The van der Waals surface area contributed by atoms with Crippen LogP contribution >= 0.6 is 10.3 Å². The van der Waals surface area contributed by atoms with Crippen LogP contribution in [0.2, 0.25) is 0 Å². The second-order valence-electron chi connectivity index (χ2n) is 5.06. The highest BCUT2D eigenvalue weighted by atomic mass is 32.3. The minimum absolute atomic E-state index is 0.572. The summed E-state index contributed by atoms with van der Waals surface area (Å²) in [4.78, 5) is 0. The second kappa shape index (κ2) is 5.42. The van der Waals surface area contributed by atoms with Crippen molar-refractivity contribution in [3.05, 3.63) is 35.4 Å². The average molecular weight is 254 g/mol. The van der Waals surface area contributed by atoms with Gasteiger partial charge in [0.1, 0.15) is 0 Å². The molecule has 0 spiro atoms. The van der Waals surface area contributed by atoms with E-state index in [4.69, 9.17) is 4.74 Å². The van der Waals surface area contributed by atoms with Gasteiger partial charge in [0.25, 0.3) is 0 Å². The molecule has 96 valence electrons. The lowest BCUT2D eigenvalue weighted by Crippen LogP contribution is -2.24. The zero-order valence-corrected chi connectivity index (χ0v) is 11.5. The van der Waals surface area contributed by atoms with Crippen LogP contribution in [-0.2, 0) is 10.5 Å². The van der Waals surface area contributed by atoms with Crippen LogP contribution in [0.1, 0.15) is 30.9 Å². The first kappa shape index (κ1) is 12.9. The highest BCUT2D eigenvalue weighted by molar-refractivity contribution is 8.28. The summed E-state index contributed by atoms with van der Waals surface area (Å²) in [5, 5.41) is 0. The van der Waals surface area contributed by atoms with E-state index in [9.17, 15) is 4.55 Å². The summed E-state index contributed by atoms with van der Waals surface area (Å²) in [5.41, 5.74) is 2.62. The summed E-state index contributed by atoms with van der Waals surface area (Å²) in [7, 11) is -1.45. The quantitative estimate of drug-likeness (QED) is 0.892. The molecule has 0 amide bonds. The number of benzene rings is 1. The van der Waals surface area contributed by atoms with Crippen LogP contribution in [0, 0.1) is 0 Å². The van der Waals surface area contributed by atoms with Gasteiger partial charge in [-0.1, -0.05) is 38.1 Å². The Labute approximate surface area is 106 Å². The molecule has 0 aliphatic carbocycles. The lowest BCUT2D eigenvalue weighted by atomic mass is 10.0. The van der Waals surface area contributed by atoms with Crippen LogP contribution in [0.4, 0.5) is 0 Å². The summed E-state index contributed by atoms with van der Waals surface area (Å²) in [5.74, 6) is 3.06. The minimum Gasteiger partial charge on any atom is -0.380 e. The standard InChI is InChI=1S/C14H22O2S/c1-12(2)14-5-3-13(4-6-14)11-17(15)9-7-16-8-10-17/h3-6,12,15H,7-11H2,1-2H3. The summed E-state index contributed by atoms with van der Waals surface area (Å²) in [6, 6.07) is 8.69. The highest BCUT2D eigenvalue weighted by Crippen LogP contribution is 2.48. The lowest BCUT2D eigenvalue weighted by molar-refractivity contribution is 0.155. The Balaban J connectivity index is 2.03. The molecule has 1 heterocycles. The molecule has 0 unspecified atom stereocenters. The number of hydrogen-bond acceptors (Lipinski definition) is 2. The molecule has 3 heteroatoms. The van der Waals surface area contributed by atoms with Crippen molar-refractivity contribution in [2.24, 2.45) is 0 Å². The summed E-state index contributed by atoms with van der Waals surface area (Å²) in [6.07, 6.45) is 0. The molecule has 1 N–H and O–H groups in total. The van der Waals surface area contributed by atoms with Gasteiger partial charge in [0, 0.05) is 17.3 Å². The van der Waals surface area contributed by atoms with Gasteiger partial charge in [0.2, 0.25) is 0 Å². The molecule has 0 atom stereocenters. The fourth-order valence-corrected chi connectivity index (χ4v) is 4.25. The summed E-state index contributed by atoms with van der Waals surface area (Å²) < 4.78 is 15.8. The van der Waals surface area contributed by atoms with Gasteiger partial charge in [-0.3, -0.25) is 0 Å². The van der Waals surface area contributed by atoms with E-state index < -0.39 is 10.3 Å². The Morgan fingerprint density at radius 1 is 1.18 bits per heavy atom. The van der Waals surface area contributed by atoms with E-state index in [-0.39, 0.29) is 0 Å². The third-order valence-corrected chi connectivity index (χ3v) is 6.02. The maximum atomic E-state index is 10.5. The van der Waals surface area contributed by atoms with E-state index in [1.807, 2.05) is 0 Å². The van der Waals surface area contributed by atoms with Crippen LogP contribution in [0.5, 0.6) is 0 Å². The Morgan fingerprint density at radius 2 is 1.76 bits per heavy atom. The Hall–Kier alpha value is -0.510. The number of rotatable bonds is 3. The van der Waals surface area contributed by atoms with Gasteiger partial charge < -0.3 is 9.29 Å². The third-order valence-electron chi connectivity index (χ3n) is 3.30. The zero-order valence-electron chi connectivity index (χ0n) is 10.7. The van der Waals surface area contributed by atoms with Crippen molar-refractivity contribution < 1.29 is 9.29 Å². The van der Waals surface area contributed by atoms with E-state index >= 15 is 0 Å². The van der Waals surface area contributed by atoms with Gasteiger partial charge in [-0.05, 0) is 17.0 Å². The molecule has 17 heavy (non-hydrogen) atoms. The molecule has 1 aliphatic rings. The van der Waals surface area contributed by atoms with Crippen molar-refractivity contribution in [3.8, 4) is 0 Å². The first-order chi connectivity index (χ1) is 8.09. The monoisotopic (exact) mass is 254 g/mol. The van der Waals surface area contributed by atoms with Gasteiger partial charge in [0.05, 0.1) is 13.2 Å². The molecular formula is C14H22O2S. The molecule has 1 aliphatic heterocycles. The highest BCUT2D eigenvalue weighted by Gasteiger charge is 2.24. The molecule has 2 nitrogen and oxygen atoms in total. The van der Waals surface area contributed by atoms with E-state index in [0.717, 1.165) is 30.5 Å². The third kappa shape index (κ3) is 3.47. The van der Waals surface area contributed by atoms with Crippen LogP contribution in [0.3, 0.4) is 0 Å². The van der Waals surface area contributed by atoms with Crippen molar-refractivity contribution in [3.63, 3.8) is 0 Å². The van der Waals surface area contributed by atoms with Gasteiger partial charge in [-0.2, -0.15) is 0 Å². The summed E-state index contributed by atoms with van der Waals surface area (Å²) in [6.45, 7) is 5.84. The number of hydrogen-bond donors (Lipinski definition) is 1. The maximum absolute atomic E-state index is 10.5. The normalized spacial score (nSPS) is 21.4. The predicted octanol–water partition coefficient (Wildman–Crippen LogP) is 3.62. The molecule has 0 radical (unpaired) electrons. The van der Waals surface area contributed by atoms with Gasteiger partial charge >= 0.3 is 0 Å². The van der Waals surface area contributed by atoms with Crippen LogP contribution in [0.25, 0.3) is 0 Å². The SMILES string of the molecule is CC(C)c1ccc(CS2(O)CCOCC2)cc1. The van der Waals surface area contributed by atoms with E-state index in [1.54, 1.807) is 0 Å². The average Bonchev–Trinajstić information content (AvgIpc) is 2.30. The molecule has 0 bridgehead atoms. The van der Waals surface area contributed by atoms with Crippen molar-refractivity contribution in [1.29, 1.82) is 0 Å². The zero-order chi connectivity index (χ0) is 12.3. The van der Waals surface area contributed by atoms with Crippen molar-refractivity contribution in [2.45, 2.75) is 25.5 Å². The maximum Gasteiger partial charge on any atom is 0.0562 e. The molecule has 1 aromatic carbocycles. The Bertz CT molecular complexity index is 353. The lowest BCUT2D eigenvalue weighted by Gasteiger charge is -2.37. The predicted molar refractivity (Wildman–Crippen MR) is 75.0 cm³/mol. The first-order valence-corrected chi connectivity index (χ1v) is 8.34. The van der Waals surface area contributed by atoms with E-state index in [2.05, 4.69) is 38.1 Å². The topological polar surface area (TPSA) is 29.5 Å². The fourth-order valence-electron chi connectivity index (χ4n) is 2.09. The van der Waals surface area contributed by atoms with Crippen molar-refractivity contribution in [1.82, 2.24) is 0 Å². The number of ether oxygens (including phenoxy) is 1. The molecule has 0 aromatic heterocycles. The molecule has 2 rings (SSSR count). The van der Waals surface area contributed by atoms with Crippen molar-refractivity contribution >= 4 is 10.3 Å².